The number of β-amino-alcohol motifs (C(OH)–C–C–N with tert-alkyl or cyclic N) is 1. The van der Waals surface area contributed by atoms with E-state index in [2.05, 4.69) is 10.6 Å². The number of ether oxygens (including phenoxy) is 2. The molecule has 2 aliphatic rings. The molecular formula is C21H28F3N3O5. The number of carbonyl (C=O) groups is 2. The van der Waals surface area contributed by atoms with E-state index in [1.54, 1.807) is 0 Å². The van der Waals surface area contributed by atoms with Crippen LogP contribution in [0.4, 0.5) is 23.7 Å². The minimum atomic E-state index is -4.47. The van der Waals surface area contributed by atoms with E-state index in [0.29, 0.717) is 19.4 Å². The predicted octanol–water partition coefficient (Wildman–Crippen LogP) is 2.37. The number of urea groups is 1. The Kier molecular flexibility index (Phi) is 7.96. The van der Waals surface area contributed by atoms with E-state index in [9.17, 15) is 27.9 Å². The van der Waals surface area contributed by atoms with E-state index >= 15 is 0 Å². The van der Waals surface area contributed by atoms with Gasteiger partial charge in [-0.15, -0.1) is 0 Å². The van der Waals surface area contributed by atoms with Crippen LogP contribution in [0.2, 0.25) is 0 Å². The number of aliphatic hydroxyl groups excluding tert-OH is 1. The number of benzene rings is 1. The zero-order valence-electron chi connectivity index (χ0n) is 17.7. The van der Waals surface area contributed by atoms with Gasteiger partial charge in [0.2, 0.25) is 5.91 Å². The fourth-order valence-corrected chi connectivity index (χ4v) is 3.99. The molecule has 0 bridgehead atoms. The van der Waals surface area contributed by atoms with Crippen molar-refractivity contribution in [2.24, 2.45) is 0 Å². The van der Waals surface area contributed by atoms with Gasteiger partial charge in [0, 0.05) is 12.2 Å². The van der Waals surface area contributed by atoms with Gasteiger partial charge in [-0.05, 0) is 44.0 Å². The maximum atomic E-state index is 13.0. The summed E-state index contributed by atoms with van der Waals surface area (Å²) in [6, 6.07) is 3.19. The number of hydrogen-bond donors (Lipinski definition) is 3. The molecule has 2 aliphatic heterocycles. The van der Waals surface area contributed by atoms with Gasteiger partial charge in [-0.3, -0.25) is 4.79 Å². The minimum absolute atomic E-state index is 0.0115. The van der Waals surface area contributed by atoms with Gasteiger partial charge in [-0.25, -0.2) is 4.79 Å². The molecule has 1 aromatic rings. The third kappa shape index (κ3) is 6.33. The molecule has 0 saturated carbocycles. The van der Waals surface area contributed by atoms with Crippen LogP contribution in [0.15, 0.2) is 24.3 Å². The Morgan fingerprint density at radius 1 is 1.19 bits per heavy atom. The molecule has 0 spiro atoms. The van der Waals surface area contributed by atoms with E-state index in [-0.39, 0.29) is 43.9 Å². The van der Waals surface area contributed by atoms with Crippen molar-refractivity contribution in [1.29, 1.82) is 0 Å². The van der Waals surface area contributed by atoms with Crippen molar-refractivity contribution in [3.8, 4) is 0 Å². The molecule has 3 N–H and O–H groups in total. The molecule has 0 aromatic heterocycles. The van der Waals surface area contributed by atoms with E-state index in [1.165, 1.54) is 17.0 Å². The number of hydrogen-bond acceptors (Lipinski definition) is 5. The summed E-state index contributed by atoms with van der Waals surface area (Å²) in [5, 5.41) is 15.5. The molecule has 11 heteroatoms. The first-order valence-electron chi connectivity index (χ1n) is 10.6. The molecule has 4 atom stereocenters. The lowest BCUT2D eigenvalue weighted by Crippen LogP contribution is -2.58. The number of amides is 3. The van der Waals surface area contributed by atoms with Crippen LogP contribution in [-0.2, 0) is 20.4 Å². The maximum Gasteiger partial charge on any atom is 0.416 e. The molecule has 0 aliphatic carbocycles. The van der Waals surface area contributed by atoms with Gasteiger partial charge in [0.1, 0.15) is 6.10 Å². The van der Waals surface area contributed by atoms with Gasteiger partial charge in [0.15, 0.2) is 0 Å². The fraction of sp³-hybridized carbons (Fsp3) is 0.619. The number of nitrogens with zero attached hydrogens (tertiary/aromatic N) is 1. The number of alkyl halides is 3. The van der Waals surface area contributed by atoms with Crippen molar-refractivity contribution in [3.05, 3.63) is 29.8 Å². The third-order valence-corrected chi connectivity index (χ3v) is 5.49. The van der Waals surface area contributed by atoms with Crippen LogP contribution in [0, 0.1) is 0 Å². The molecule has 0 unspecified atom stereocenters. The highest BCUT2D eigenvalue weighted by atomic mass is 19.4. The molecule has 178 valence electrons. The van der Waals surface area contributed by atoms with Crippen molar-refractivity contribution >= 4 is 17.6 Å². The number of rotatable bonds is 4. The Balaban J connectivity index is 1.69. The number of nitrogens with one attached hydrogen (secondary N) is 2. The van der Waals surface area contributed by atoms with E-state index in [0.717, 1.165) is 12.1 Å². The van der Waals surface area contributed by atoms with Crippen LogP contribution >= 0.6 is 0 Å². The Bertz CT molecular complexity index is 790. The highest BCUT2D eigenvalue weighted by molar-refractivity contribution is 5.89. The van der Waals surface area contributed by atoms with E-state index in [4.69, 9.17) is 9.47 Å². The summed E-state index contributed by atoms with van der Waals surface area (Å²) < 4.78 is 49.8. The predicted molar refractivity (Wildman–Crippen MR) is 109 cm³/mol. The van der Waals surface area contributed by atoms with Gasteiger partial charge >= 0.3 is 12.2 Å². The monoisotopic (exact) mass is 459 g/mol. The molecule has 1 aromatic carbocycles. The van der Waals surface area contributed by atoms with E-state index in [1.807, 2.05) is 6.92 Å². The summed E-state index contributed by atoms with van der Waals surface area (Å²) in [5.41, 5.74) is -0.605. The summed E-state index contributed by atoms with van der Waals surface area (Å²) in [5.74, 6) is -0.116. The average Bonchev–Trinajstić information content (AvgIpc) is 2.71. The smallest absolute Gasteiger partial charge is 0.389 e. The first kappa shape index (κ1) is 24.3. The van der Waals surface area contributed by atoms with Crippen molar-refractivity contribution in [1.82, 2.24) is 10.2 Å². The zero-order chi connectivity index (χ0) is 23.3. The van der Waals surface area contributed by atoms with Gasteiger partial charge in [0.05, 0.1) is 50.0 Å². The number of carbonyl (C=O) groups excluding carboxylic acids is 2. The Labute approximate surface area is 184 Å². The van der Waals surface area contributed by atoms with Crippen LogP contribution < -0.4 is 10.6 Å². The Morgan fingerprint density at radius 3 is 2.56 bits per heavy atom. The number of aliphatic hydroxyl groups is 1. The molecular weight excluding hydrogens is 431 g/mol. The largest absolute Gasteiger partial charge is 0.416 e. The van der Waals surface area contributed by atoms with Crippen molar-refractivity contribution in [3.63, 3.8) is 0 Å². The molecule has 0 radical (unpaired) electrons. The van der Waals surface area contributed by atoms with Crippen LogP contribution in [-0.4, -0.2) is 72.6 Å². The highest BCUT2D eigenvalue weighted by Gasteiger charge is 2.40. The van der Waals surface area contributed by atoms with Gasteiger partial charge in [-0.2, -0.15) is 13.2 Å². The summed E-state index contributed by atoms with van der Waals surface area (Å²) in [6.45, 7) is 2.50. The topological polar surface area (TPSA) is 100 Å². The molecule has 8 nitrogen and oxygen atoms in total. The normalized spacial score (nSPS) is 26.5. The average molecular weight is 459 g/mol. The highest BCUT2D eigenvalue weighted by Crippen LogP contribution is 2.31. The second-order valence-electron chi connectivity index (χ2n) is 7.95. The summed E-state index contributed by atoms with van der Waals surface area (Å²) in [4.78, 5) is 26.3. The molecule has 2 heterocycles. The first-order chi connectivity index (χ1) is 15.2. The van der Waals surface area contributed by atoms with Gasteiger partial charge < -0.3 is 30.1 Å². The van der Waals surface area contributed by atoms with E-state index < -0.39 is 36.0 Å². The second kappa shape index (κ2) is 10.5. The lowest BCUT2D eigenvalue weighted by Gasteiger charge is -2.44. The van der Waals surface area contributed by atoms with Crippen molar-refractivity contribution < 1.29 is 37.3 Å². The molecule has 3 rings (SSSR count). The zero-order valence-corrected chi connectivity index (χ0v) is 17.7. The SMILES string of the molecule is CCNC(=O)C[C@H]1CC[C@@H]2[C@H](COC[C@H](O)CN2C(=O)Nc2ccc(C(F)(F)F)cc2)O1. The van der Waals surface area contributed by atoms with Crippen LogP contribution in [0.5, 0.6) is 0 Å². The third-order valence-electron chi connectivity index (χ3n) is 5.49. The second-order valence-corrected chi connectivity index (χ2v) is 7.95. The molecule has 32 heavy (non-hydrogen) atoms. The quantitative estimate of drug-likeness (QED) is 0.642. The van der Waals surface area contributed by atoms with Crippen molar-refractivity contribution in [2.75, 3.05) is 31.6 Å². The fourth-order valence-electron chi connectivity index (χ4n) is 3.99. The molecule has 3 amide bonds. The lowest BCUT2D eigenvalue weighted by molar-refractivity contribution is -0.149. The summed E-state index contributed by atoms with van der Waals surface area (Å²) in [6.07, 6.45) is -4.90. The maximum absolute atomic E-state index is 13.0. The Morgan fingerprint density at radius 2 is 1.91 bits per heavy atom. The summed E-state index contributed by atoms with van der Waals surface area (Å²) >= 11 is 0. The standard InChI is InChI=1S/C21H28F3N3O5/c1-2-25-19(29)9-16-7-8-17-18(32-16)12-31-11-15(28)10-27(17)20(30)26-14-5-3-13(4-6-14)21(22,23)24/h3-6,15-18,28H,2,7-12H2,1H3,(H,25,29)(H,26,30)/t15-,16-,17-,18+/m1/s1. The van der Waals surface area contributed by atoms with Gasteiger partial charge in [-0.1, -0.05) is 0 Å². The lowest BCUT2D eigenvalue weighted by atomic mass is 9.95. The van der Waals surface area contributed by atoms with Crippen LogP contribution in [0.1, 0.15) is 31.7 Å². The van der Waals surface area contributed by atoms with Gasteiger partial charge in [0.25, 0.3) is 0 Å². The number of halogens is 3. The first-order valence-corrected chi connectivity index (χ1v) is 10.6. The number of fused-ring (bicyclic) bond motifs is 1. The number of anilines is 1. The van der Waals surface area contributed by atoms with Crippen LogP contribution in [0.3, 0.4) is 0 Å². The van der Waals surface area contributed by atoms with Crippen LogP contribution in [0.25, 0.3) is 0 Å². The van der Waals surface area contributed by atoms with Crippen molar-refractivity contribution in [2.45, 2.75) is 56.7 Å². The molecule has 2 saturated heterocycles. The minimum Gasteiger partial charge on any atom is -0.389 e. The summed E-state index contributed by atoms with van der Waals surface area (Å²) in [7, 11) is 0. The Hall–Kier alpha value is -2.37. The molecule has 2 fully saturated rings.